The van der Waals surface area contributed by atoms with Crippen molar-refractivity contribution < 1.29 is 17.9 Å². The molecule has 0 bridgehead atoms. The Morgan fingerprint density at radius 1 is 1.48 bits per heavy atom. The molecule has 2 aromatic heterocycles. The van der Waals surface area contributed by atoms with E-state index in [-0.39, 0.29) is 6.61 Å². The predicted molar refractivity (Wildman–Crippen MR) is 78.8 cm³/mol. The van der Waals surface area contributed by atoms with Crippen molar-refractivity contribution in [2.45, 2.75) is 26.0 Å². The second-order valence-corrected chi connectivity index (χ2v) is 6.96. The van der Waals surface area contributed by atoms with Gasteiger partial charge in [0.2, 0.25) is 10.0 Å². The summed E-state index contributed by atoms with van der Waals surface area (Å²) in [7, 11) is -3.44. The molecule has 2 heterocycles. The molecule has 8 heteroatoms. The zero-order chi connectivity index (χ0) is 15.6. The van der Waals surface area contributed by atoms with Crippen LogP contribution >= 0.6 is 0 Å². The Morgan fingerprint density at radius 3 is 2.81 bits per heavy atom. The number of sulfonamides is 1. The normalized spacial score (nSPS) is 11.8. The summed E-state index contributed by atoms with van der Waals surface area (Å²) < 4.78 is 32.6. The molecule has 0 spiro atoms. The number of hydrogen-bond acceptors (Lipinski definition) is 5. The Hall–Kier alpha value is -2.09. The monoisotopic (exact) mass is 311 g/mol. The SMILES string of the molecule is CCOC(=O)c1cnn2ccc(NS(=O)(=O)C(C)C)cc12. The molecule has 0 aromatic carbocycles. The number of nitrogens with zero attached hydrogens (tertiary/aromatic N) is 2. The third kappa shape index (κ3) is 3.15. The first-order valence-corrected chi connectivity index (χ1v) is 8.06. The van der Waals surface area contributed by atoms with Gasteiger partial charge >= 0.3 is 5.97 Å². The van der Waals surface area contributed by atoms with Crippen molar-refractivity contribution in [1.82, 2.24) is 9.61 Å². The molecule has 2 aromatic rings. The number of ether oxygens (including phenoxy) is 1. The minimum absolute atomic E-state index is 0.260. The minimum atomic E-state index is -3.44. The molecule has 21 heavy (non-hydrogen) atoms. The highest BCUT2D eigenvalue weighted by atomic mass is 32.2. The van der Waals surface area contributed by atoms with E-state index in [1.807, 2.05) is 0 Å². The van der Waals surface area contributed by atoms with Crippen molar-refractivity contribution in [3.63, 3.8) is 0 Å². The molecule has 1 N–H and O–H groups in total. The van der Waals surface area contributed by atoms with Crippen LogP contribution < -0.4 is 4.72 Å². The van der Waals surface area contributed by atoms with Crippen molar-refractivity contribution in [2.75, 3.05) is 11.3 Å². The van der Waals surface area contributed by atoms with Crippen LogP contribution in [0.5, 0.6) is 0 Å². The van der Waals surface area contributed by atoms with Gasteiger partial charge in [-0.25, -0.2) is 17.7 Å². The van der Waals surface area contributed by atoms with Gasteiger partial charge in [-0.15, -0.1) is 0 Å². The van der Waals surface area contributed by atoms with Gasteiger partial charge in [0.15, 0.2) is 0 Å². The van der Waals surface area contributed by atoms with Gasteiger partial charge in [-0.2, -0.15) is 5.10 Å². The van der Waals surface area contributed by atoms with E-state index in [2.05, 4.69) is 9.82 Å². The third-order valence-corrected chi connectivity index (χ3v) is 4.66. The van der Waals surface area contributed by atoms with Gasteiger partial charge in [-0.1, -0.05) is 0 Å². The summed E-state index contributed by atoms with van der Waals surface area (Å²) in [6, 6.07) is 3.13. The van der Waals surface area contributed by atoms with E-state index in [4.69, 9.17) is 4.74 Å². The molecule has 0 saturated carbocycles. The Kier molecular flexibility index (Phi) is 4.17. The molecule has 0 radical (unpaired) electrons. The van der Waals surface area contributed by atoms with Crippen LogP contribution in [0, 0.1) is 0 Å². The largest absolute Gasteiger partial charge is 0.462 e. The van der Waals surface area contributed by atoms with E-state index < -0.39 is 21.2 Å². The molecule has 2 rings (SSSR count). The number of anilines is 1. The molecule has 114 valence electrons. The summed E-state index contributed by atoms with van der Waals surface area (Å²) in [5.41, 5.74) is 1.15. The van der Waals surface area contributed by atoms with E-state index in [9.17, 15) is 13.2 Å². The van der Waals surface area contributed by atoms with Crippen LogP contribution in [0.3, 0.4) is 0 Å². The van der Waals surface area contributed by atoms with Crippen LogP contribution in [0.1, 0.15) is 31.1 Å². The van der Waals surface area contributed by atoms with Crippen molar-refractivity contribution in [3.05, 3.63) is 30.1 Å². The molecule has 0 aliphatic rings. The fourth-order valence-corrected chi connectivity index (χ4v) is 2.38. The number of aromatic nitrogens is 2. The van der Waals surface area contributed by atoms with Gasteiger partial charge in [0, 0.05) is 6.20 Å². The maximum atomic E-state index is 11.9. The van der Waals surface area contributed by atoms with Gasteiger partial charge in [0.25, 0.3) is 0 Å². The fourth-order valence-electron chi connectivity index (χ4n) is 1.69. The van der Waals surface area contributed by atoms with E-state index in [0.29, 0.717) is 16.8 Å². The predicted octanol–water partition coefficient (Wildman–Crippen LogP) is 1.66. The van der Waals surface area contributed by atoms with E-state index >= 15 is 0 Å². The average Bonchev–Trinajstić information content (AvgIpc) is 2.81. The summed E-state index contributed by atoms with van der Waals surface area (Å²) in [5.74, 6) is -0.489. The zero-order valence-corrected chi connectivity index (χ0v) is 12.8. The minimum Gasteiger partial charge on any atom is -0.462 e. The molecule has 0 amide bonds. The lowest BCUT2D eigenvalue weighted by atomic mass is 10.2. The molecule has 0 aliphatic carbocycles. The number of carbonyl (C=O) groups is 1. The number of fused-ring (bicyclic) bond motifs is 1. The van der Waals surface area contributed by atoms with Crippen LogP contribution in [0.25, 0.3) is 5.52 Å². The highest BCUT2D eigenvalue weighted by Crippen LogP contribution is 2.18. The summed E-state index contributed by atoms with van der Waals surface area (Å²) >= 11 is 0. The van der Waals surface area contributed by atoms with Gasteiger partial charge in [-0.3, -0.25) is 4.72 Å². The number of rotatable bonds is 5. The number of carbonyl (C=O) groups excluding carboxylic acids is 1. The summed E-state index contributed by atoms with van der Waals surface area (Å²) in [4.78, 5) is 11.8. The van der Waals surface area contributed by atoms with Crippen molar-refractivity contribution in [3.8, 4) is 0 Å². The van der Waals surface area contributed by atoms with Gasteiger partial charge in [0.05, 0.1) is 29.3 Å². The van der Waals surface area contributed by atoms with Crippen LogP contribution in [0.2, 0.25) is 0 Å². The quantitative estimate of drug-likeness (QED) is 0.848. The highest BCUT2D eigenvalue weighted by Gasteiger charge is 2.18. The summed E-state index contributed by atoms with van der Waals surface area (Å²) in [6.07, 6.45) is 2.98. The molecular formula is C13H17N3O4S. The van der Waals surface area contributed by atoms with Gasteiger partial charge in [0.1, 0.15) is 5.56 Å². The molecule has 0 fully saturated rings. The first-order valence-electron chi connectivity index (χ1n) is 6.51. The number of pyridine rings is 1. The summed E-state index contributed by atoms with van der Waals surface area (Å²) in [5, 5.41) is 3.48. The molecule has 0 atom stereocenters. The second kappa shape index (κ2) is 5.72. The number of esters is 1. The van der Waals surface area contributed by atoms with Crippen molar-refractivity contribution in [1.29, 1.82) is 0 Å². The number of nitrogens with one attached hydrogen (secondary N) is 1. The van der Waals surface area contributed by atoms with E-state index in [1.165, 1.54) is 10.7 Å². The fraction of sp³-hybridized carbons (Fsp3) is 0.385. The Bertz CT molecular complexity index is 765. The lowest BCUT2D eigenvalue weighted by molar-refractivity contribution is 0.0528. The topological polar surface area (TPSA) is 89.8 Å². The molecule has 0 unspecified atom stereocenters. The molecular weight excluding hydrogens is 294 g/mol. The van der Waals surface area contributed by atoms with E-state index in [0.717, 1.165) is 0 Å². The van der Waals surface area contributed by atoms with Crippen LogP contribution in [0.15, 0.2) is 24.5 Å². The average molecular weight is 311 g/mol. The Morgan fingerprint density at radius 2 is 2.19 bits per heavy atom. The van der Waals surface area contributed by atoms with Crippen LogP contribution in [0.4, 0.5) is 5.69 Å². The zero-order valence-electron chi connectivity index (χ0n) is 12.0. The third-order valence-electron chi connectivity index (χ3n) is 2.90. The maximum absolute atomic E-state index is 11.9. The molecule has 7 nitrogen and oxygen atoms in total. The van der Waals surface area contributed by atoms with Crippen molar-refractivity contribution in [2.24, 2.45) is 0 Å². The second-order valence-electron chi connectivity index (χ2n) is 4.72. The van der Waals surface area contributed by atoms with Gasteiger partial charge in [-0.05, 0) is 32.9 Å². The Labute approximate surface area is 123 Å². The lowest BCUT2D eigenvalue weighted by Gasteiger charge is -2.11. The first-order chi connectivity index (χ1) is 9.85. The van der Waals surface area contributed by atoms with E-state index in [1.54, 1.807) is 39.1 Å². The summed E-state index contributed by atoms with van der Waals surface area (Å²) in [6.45, 7) is 5.15. The highest BCUT2D eigenvalue weighted by molar-refractivity contribution is 7.93. The van der Waals surface area contributed by atoms with Crippen LogP contribution in [-0.4, -0.2) is 35.9 Å². The standard InChI is InChI=1S/C13H17N3O4S/c1-4-20-13(17)11-8-14-16-6-5-10(7-12(11)16)15-21(18,19)9(2)3/h5-9,15H,4H2,1-3H3. The van der Waals surface area contributed by atoms with Gasteiger partial charge < -0.3 is 4.74 Å². The molecule has 0 saturated heterocycles. The lowest BCUT2D eigenvalue weighted by Crippen LogP contribution is -2.22. The Balaban J connectivity index is 2.41. The van der Waals surface area contributed by atoms with Crippen molar-refractivity contribution >= 4 is 27.2 Å². The smallest absolute Gasteiger partial charge is 0.341 e. The number of hydrogen-bond donors (Lipinski definition) is 1. The van der Waals surface area contributed by atoms with Crippen LogP contribution in [-0.2, 0) is 14.8 Å². The maximum Gasteiger partial charge on any atom is 0.341 e. The first kappa shape index (κ1) is 15.3. The molecule has 0 aliphatic heterocycles.